The second-order valence-corrected chi connectivity index (χ2v) is 5.68. The maximum Gasteiger partial charge on any atom is 0.188 e. The first-order chi connectivity index (χ1) is 9.24. The van der Waals surface area contributed by atoms with Crippen molar-refractivity contribution in [1.29, 1.82) is 0 Å². The summed E-state index contributed by atoms with van der Waals surface area (Å²) in [6.45, 7) is 2.12. The minimum absolute atomic E-state index is 0. The predicted octanol–water partition coefficient (Wildman–Crippen LogP) is 2.04. The van der Waals surface area contributed by atoms with Crippen LogP contribution in [0.3, 0.4) is 0 Å². The number of nitrogens with one attached hydrogen (secondary N) is 1. The van der Waals surface area contributed by atoms with E-state index in [0.717, 1.165) is 26.1 Å². The zero-order valence-corrected chi connectivity index (χ0v) is 14.7. The van der Waals surface area contributed by atoms with Crippen molar-refractivity contribution in [2.24, 2.45) is 10.7 Å². The highest BCUT2D eigenvalue weighted by molar-refractivity contribution is 14.0. The Labute approximate surface area is 139 Å². The van der Waals surface area contributed by atoms with E-state index in [0.29, 0.717) is 18.5 Å². The third-order valence-electron chi connectivity index (χ3n) is 4.33. The fourth-order valence-electron chi connectivity index (χ4n) is 2.90. The number of hydrogen-bond acceptors (Lipinski definition) is 3. The molecule has 0 atom stereocenters. The molecule has 2 rings (SSSR count). The molecule has 0 aromatic heterocycles. The second-order valence-electron chi connectivity index (χ2n) is 5.68. The SMILES string of the molecule is COC1(CN=C(N)NC2CCCCC2)CCOCC1.I. The standard InChI is InChI=1S/C14H27N3O2.HI/c1-18-14(7-9-19-10-8-14)11-16-13(15)17-12-5-3-2-4-6-12;/h12H,2-11H2,1H3,(H3,15,16,17);1H. The molecule has 0 radical (unpaired) electrons. The first-order valence-electron chi connectivity index (χ1n) is 7.43. The quantitative estimate of drug-likeness (QED) is 0.433. The van der Waals surface area contributed by atoms with Crippen LogP contribution in [-0.4, -0.2) is 44.5 Å². The van der Waals surface area contributed by atoms with Crippen molar-refractivity contribution in [3.8, 4) is 0 Å². The van der Waals surface area contributed by atoms with Gasteiger partial charge in [-0.1, -0.05) is 19.3 Å². The van der Waals surface area contributed by atoms with Gasteiger partial charge in [-0.15, -0.1) is 24.0 Å². The largest absolute Gasteiger partial charge is 0.381 e. The van der Waals surface area contributed by atoms with Gasteiger partial charge in [0.2, 0.25) is 0 Å². The Bertz CT molecular complexity index is 301. The van der Waals surface area contributed by atoms with Crippen molar-refractivity contribution in [2.45, 2.75) is 56.6 Å². The molecule has 0 aromatic rings. The lowest BCUT2D eigenvalue weighted by Gasteiger charge is -2.34. The Hall–Kier alpha value is -0.0800. The van der Waals surface area contributed by atoms with Gasteiger partial charge in [0.25, 0.3) is 0 Å². The summed E-state index contributed by atoms with van der Waals surface area (Å²) >= 11 is 0. The number of rotatable bonds is 4. The van der Waals surface area contributed by atoms with E-state index in [9.17, 15) is 0 Å². The maximum absolute atomic E-state index is 5.99. The van der Waals surface area contributed by atoms with Crippen LogP contribution in [0.4, 0.5) is 0 Å². The van der Waals surface area contributed by atoms with E-state index in [1.165, 1.54) is 32.1 Å². The highest BCUT2D eigenvalue weighted by Gasteiger charge is 2.32. The number of aliphatic imine (C=N–C) groups is 1. The molecular formula is C14H28IN3O2. The Morgan fingerprint density at radius 3 is 2.55 bits per heavy atom. The van der Waals surface area contributed by atoms with Crippen LogP contribution >= 0.6 is 24.0 Å². The highest BCUT2D eigenvalue weighted by atomic mass is 127. The van der Waals surface area contributed by atoms with Gasteiger partial charge in [0, 0.05) is 39.2 Å². The fourth-order valence-corrected chi connectivity index (χ4v) is 2.90. The summed E-state index contributed by atoms with van der Waals surface area (Å²) < 4.78 is 11.0. The molecule has 6 heteroatoms. The number of nitrogens with two attached hydrogens (primary N) is 1. The smallest absolute Gasteiger partial charge is 0.188 e. The second kappa shape index (κ2) is 9.04. The average Bonchev–Trinajstić information content (AvgIpc) is 2.47. The molecule has 3 N–H and O–H groups in total. The third kappa shape index (κ3) is 5.37. The van der Waals surface area contributed by atoms with Crippen LogP contribution < -0.4 is 11.1 Å². The monoisotopic (exact) mass is 397 g/mol. The van der Waals surface area contributed by atoms with E-state index in [1.54, 1.807) is 7.11 Å². The number of nitrogens with zero attached hydrogens (tertiary/aromatic N) is 1. The third-order valence-corrected chi connectivity index (χ3v) is 4.33. The molecule has 0 spiro atoms. The maximum atomic E-state index is 5.99. The minimum Gasteiger partial charge on any atom is -0.381 e. The summed E-state index contributed by atoms with van der Waals surface area (Å²) in [6.07, 6.45) is 8.14. The molecule has 1 heterocycles. The lowest BCUT2D eigenvalue weighted by Crippen LogP contribution is -2.44. The van der Waals surface area contributed by atoms with E-state index in [2.05, 4.69) is 10.3 Å². The molecule has 1 saturated heterocycles. The highest BCUT2D eigenvalue weighted by Crippen LogP contribution is 2.24. The van der Waals surface area contributed by atoms with Gasteiger partial charge in [-0.3, -0.25) is 4.99 Å². The van der Waals surface area contributed by atoms with E-state index in [4.69, 9.17) is 15.2 Å². The molecule has 20 heavy (non-hydrogen) atoms. The van der Waals surface area contributed by atoms with Crippen molar-refractivity contribution >= 4 is 29.9 Å². The van der Waals surface area contributed by atoms with Crippen molar-refractivity contribution < 1.29 is 9.47 Å². The summed E-state index contributed by atoms with van der Waals surface area (Å²) in [7, 11) is 1.76. The van der Waals surface area contributed by atoms with Crippen LogP contribution in [0.25, 0.3) is 0 Å². The Morgan fingerprint density at radius 2 is 1.95 bits per heavy atom. The van der Waals surface area contributed by atoms with Gasteiger partial charge >= 0.3 is 0 Å². The van der Waals surface area contributed by atoms with E-state index >= 15 is 0 Å². The number of methoxy groups -OCH3 is 1. The molecular weight excluding hydrogens is 369 g/mol. The molecule has 5 nitrogen and oxygen atoms in total. The number of hydrogen-bond donors (Lipinski definition) is 2. The van der Waals surface area contributed by atoms with Crippen LogP contribution in [0.15, 0.2) is 4.99 Å². The molecule has 2 fully saturated rings. The zero-order valence-electron chi connectivity index (χ0n) is 12.4. The lowest BCUT2D eigenvalue weighted by atomic mass is 9.94. The van der Waals surface area contributed by atoms with Gasteiger partial charge in [-0.2, -0.15) is 0 Å². The number of halogens is 1. The van der Waals surface area contributed by atoms with Crippen LogP contribution in [-0.2, 0) is 9.47 Å². The van der Waals surface area contributed by atoms with Gasteiger partial charge in [0.05, 0.1) is 12.1 Å². The van der Waals surface area contributed by atoms with Crippen molar-refractivity contribution in [2.75, 3.05) is 26.9 Å². The van der Waals surface area contributed by atoms with Gasteiger partial charge in [-0.05, 0) is 12.8 Å². The normalized spacial score (nSPS) is 23.9. The molecule has 0 aromatic carbocycles. The Balaban J connectivity index is 0.00000200. The zero-order chi connectivity index (χ0) is 13.6. The molecule has 1 aliphatic carbocycles. The van der Waals surface area contributed by atoms with Crippen LogP contribution in [0.2, 0.25) is 0 Å². The lowest BCUT2D eigenvalue weighted by molar-refractivity contribution is -0.0828. The minimum atomic E-state index is -0.183. The number of ether oxygens (including phenoxy) is 2. The molecule has 1 aliphatic heterocycles. The fraction of sp³-hybridized carbons (Fsp3) is 0.929. The van der Waals surface area contributed by atoms with E-state index in [1.807, 2.05) is 0 Å². The molecule has 1 saturated carbocycles. The van der Waals surface area contributed by atoms with Crippen molar-refractivity contribution in [3.05, 3.63) is 0 Å². The first kappa shape index (κ1) is 18.0. The van der Waals surface area contributed by atoms with Gasteiger partial charge in [0.1, 0.15) is 0 Å². The summed E-state index contributed by atoms with van der Waals surface area (Å²) in [5.41, 5.74) is 5.80. The van der Waals surface area contributed by atoms with Gasteiger partial charge in [0.15, 0.2) is 5.96 Å². The summed E-state index contributed by atoms with van der Waals surface area (Å²) in [5, 5.41) is 3.34. The Morgan fingerprint density at radius 1 is 1.30 bits per heavy atom. The summed E-state index contributed by atoms with van der Waals surface area (Å²) in [6, 6.07) is 0.505. The Kier molecular flexibility index (Phi) is 8.13. The molecule has 0 amide bonds. The summed E-state index contributed by atoms with van der Waals surface area (Å²) in [4.78, 5) is 4.49. The van der Waals surface area contributed by atoms with E-state index < -0.39 is 0 Å². The first-order valence-corrected chi connectivity index (χ1v) is 7.43. The molecule has 2 aliphatic rings. The van der Waals surface area contributed by atoms with Crippen molar-refractivity contribution in [3.63, 3.8) is 0 Å². The number of guanidine groups is 1. The van der Waals surface area contributed by atoms with Gasteiger partial charge in [-0.25, -0.2) is 0 Å². The summed E-state index contributed by atoms with van der Waals surface area (Å²) in [5.74, 6) is 0.565. The van der Waals surface area contributed by atoms with Gasteiger partial charge < -0.3 is 20.5 Å². The predicted molar refractivity (Wildman–Crippen MR) is 91.7 cm³/mol. The molecule has 118 valence electrons. The van der Waals surface area contributed by atoms with E-state index in [-0.39, 0.29) is 29.6 Å². The van der Waals surface area contributed by atoms with Crippen LogP contribution in [0.5, 0.6) is 0 Å². The molecule has 0 unspecified atom stereocenters. The van der Waals surface area contributed by atoms with Crippen LogP contribution in [0.1, 0.15) is 44.9 Å². The topological polar surface area (TPSA) is 68.9 Å². The van der Waals surface area contributed by atoms with Crippen LogP contribution in [0, 0.1) is 0 Å². The van der Waals surface area contributed by atoms with Crippen molar-refractivity contribution in [1.82, 2.24) is 5.32 Å². The average molecular weight is 397 g/mol. The molecule has 0 bridgehead atoms.